The van der Waals surface area contributed by atoms with Crippen LogP contribution >= 0.6 is 11.6 Å². The van der Waals surface area contributed by atoms with Gasteiger partial charge in [0, 0.05) is 37.4 Å². The van der Waals surface area contributed by atoms with Crippen LogP contribution in [0.1, 0.15) is 0 Å². The Labute approximate surface area is 119 Å². The maximum Gasteiger partial charge on any atom is 0.183 e. The highest BCUT2D eigenvalue weighted by Gasteiger charge is 2.14. The van der Waals surface area contributed by atoms with Gasteiger partial charge in [0.25, 0.3) is 0 Å². The summed E-state index contributed by atoms with van der Waals surface area (Å²) in [6.07, 6.45) is 4.57. The minimum atomic E-state index is -0.493. The van der Waals surface area contributed by atoms with Crippen molar-refractivity contribution in [3.05, 3.63) is 35.5 Å². The number of hydrogen-bond donors (Lipinski definition) is 1. The van der Waals surface area contributed by atoms with Gasteiger partial charge in [0.2, 0.25) is 0 Å². The van der Waals surface area contributed by atoms with E-state index >= 15 is 0 Å². The Balaban J connectivity index is 2.26. The predicted octanol–water partition coefficient (Wildman–Crippen LogP) is 2.86. The molecular formula is C13H11ClFN5. The van der Waals surface area contributed by atoms with E-state index in [1.54, 1.807) is 19.3 Å². The largest absolute Gasteiger partial charge is 0.371 e. The molecule has 0 bridgehead atoms. The third kappa shape index (κ3) is 1.98. The van der Waals surface area contributed by atoms with E-state index in [4.69, 9.17) is 11.6 Å². The van der Waals surface area contributed by atoms with Crippen molar-refractivity contribution in [3.8, 4) is 11.4 Å². The number of anilines is 1. The molecule has 20 heavy (non-hydrogen) atoms. The molecule has 1 N–H and O–H groups in total. The molecule has 7 heteroatoms. The molecular weight excluding hydrogens is 281 g/mol. The molecule has 0 fully saturated rings. The van der Waals surface area contributed by atoms with E-state index in [0.29, 0.717) is 10.8 Å². The maximum atomic E-state index is 13.4. The van der Waals surface area contributed by atoms with Gasteiger partial charge < -0.3 is 9.88 Å². The zero-order chi connectivity index (χ0) is 14.3. The molecule has 3 aromatic rings. The Morgan fingerprint density at radius 2 is 2.10 bits per heavy atom. The summed E-state index contributed by atoms with van der Waals surface area (Å²) in [6.45, 7) is 0. The fourth-order valence-corrected chi connectivity index (χ4v) is 2.24. The number of nitrogens with one attached hydrogen (secondary N) is 1. The van der Waals surface area contributed by atoms with E-state index in [9.17, 15) is 4.39 Å². The second kappa shape index (κ2) is 4.72. The van der Waals surface area contributed by atoms with Gasteiger partial charge >= 0.3 is 0 Å². The summed E-state index contributed by atoms with van der Waals surface area (Å²) < 4.78 is 15.3. The van der Waals surface area contributed by atoms with Crippen molar-refractivity contribution in [3.63, 3.8) is 0 Å². The first-order valence-electron chi connectivity index (χ1n) is 5.91. The van der Waals surface area contributed by atoms with Crippen LogP contribution in [0.2, 0.25) is 5.02 Å². The third-order valence-corrected chi connectivity index (χ3v) is 3.21. The Bertz CT molecular complexity index is 799. The number of rotatable bonds is 2. The summed E-state index contributed by atoms with van der Waals surface area (Å²) in [5.41, 5.74) is 1.53. The van der Waals surface area contributed by atoms with Crippen molar-refractivity contribution in [1.82, 2.24) is 19.5 Å². The fourth-order valence-electron chi connectivity index (χ4n) is 2.09. The highest BCUT2D eigenvalue weighted by Crippen LogP contribution is 2.29. The molecule has 0 spiro atoms. The third-order valence-electron chi connectivity index (χ3n) is 3.00. The van der Waals surface area contributed by atoms with Crippen LogP contribution in [0, 0.1) is 5.82 Å². The van der Waals surface area contributed by atoms with Crippen LogP contribution < -0.4 is 5.32 Å². The van der Waals surface area contributed by atoms with E-state index < -0.39 is 5.82 Å². The molecule has 0 unspecified atom stereocenters. The van der Waals surface area contributed by atoms with Gasteiger partial charge in [-0.15, -0.1) is 0 Å². The number of nitrogens with zero attached hydrogens (tertiary/aromatic N) is 4. The predicted molar refractivity (Wildman–Crippen MR) is 76.3 cm³/mol. The summed E-state index contributed by atoms with van der Waals surface area (Å²) >= 11 is 5.99. The molecule has 3 aromatic heterocycles. The van der Waals surface area contributed by atoms with Gasteiger partial charge in [-0.2, -0.15) is 0 Å². The van der Waals surface area contributed by atoms with E-state index in [0.717, 1.165) is 22.8 Å². The minimum absolute atomic E-state index is 0.155. The zero-order valence-corrected chi connectivity index (χ0v) is 11.6. The van der Waals surface area contributed by atoms with Crippen LogP contribution in [0.3, 0.4) is 0 Å². The Kier molecular flexibility index (Phi) is 3.02. The molecule has 0 aliphatic heterocycles. The second-order valence-corrected chi connectivity index (χ2v) is 4.75. The van der Waals surface area contributed by atoms with Gasteiger partial charge in [-0.3, -0.25) is 0 Å². The lowest BCUT2D eigenvalue weighted by molar-refractivity contribution is 0.619. The molecule has 0 atom stereocenters. The maximum absolute atomic E-state index is 13.4. The normalized spacial score (nSPS) is 11.0. The summed E-state index contributed by atoms with van der Waals surface area (Å²) in [5.74, 6) is 0.0834. The molecule has 0 saturated heterocycles. The summed E-state index contributed by atoms with van der Waals surface area (Å²) in [6, 6.07) is 1.80. The number of aryl methyl sites for hydroxylation is 1. The monoisotopic (exact) mass is 291 g/mol. The summed E-state index contributed by atoms with van der Waals surface area (Å²) in [7, 11) is 3.48. The van der Waals surface area contributed by atoms with Crippen molar-refractivity contribution >= 4 is 28.5 Å². The van der Waals surface area contributed by atoms with Gasteiger partial charge in [0.05, 0.1) is 11.2 Å². The summed E-state index contributed by atoms with van der Waals surface area (Å²) in [5, 5.41) is 4.05. The Hall–Kier alpha value is -2.21. The lowest BCUT2D eigenvalue weighted by Crippen LogP contribution is -1.99. The highest BCUT2D eigenvalue weighted by atomic mass is 35.5. The van der Waals surface area contributed by atoms with Crippen LogP contribution in [0.25, 0.3) is 22.4 Å². The number of aromatic nitrogens is 4. The lowest BCUT2D eigenvalue weighted by Gasteiger charge is -2.03. The molecule has 0 radical (unpaired) electrons. The molecule has 0 amide bonds. The first kappa shape index (κ1) is 12.8. The molecule has 0 saturated carbocycles. The van der Waals surface area contributed by atoms with Crippen molar-refractivity contribution in [2.24, 2.45) is 7.05 Å². The number of pyridine rings is 1. The second-order valence-electron chi connectivity index (χ2n) is 4.32. The van der Waals surface area contributed by atoms with Crippen molar-refractivity contribution in [2.75, 3.05) is 12.4 Å². The number of fused-ring (bicyclic) bond motifs is 1. The highest BCUT2D eigenvalue weighted by molar-refractivity contribution is 6.31. The quantitative estimate of drug-likeness (QED) is 0.789. The van der Waals surface area contributed by atoms with Crippen LogP contribution in [0.5, 0.6) is 0 Å². The van der Waals surface area contributed by atoms with E-state index in [-0.39, 0.29) is 5.82 Å². The van der Waals surface area contributed by atoms with E-state index in [1.807, 2.05) is 17.8 Å². The smallest absolute Gasteiger partial charge is 0.183 e. The molecule has 0 aromatic carbocycles. The van der Waals surface area contributed by atoms with Crippen LogP contribution in [0.4, 0.5) is 10.2 Å². The lowest BCUT2D eigenvalue weighted by atomic mass is 10.2. The minimum Gasteiger partial charge on any atom is -0.371 e. The van der Waals surface area contributed by atoms with Crippen molar-refractivity contribution in [1.29, 1.82) is 0 Å². The molecule has 5 nitrogen and oxygen atoms in total. The van der Waals surface area contributed by atoms with E-state index in [1.165, 1.54) is 0 Å². The zero-order valence-electron chi connectivity index (χ0n) is 10.9. The molecule has 3 heterocycles. The molecule has 3 rings (SSSR count). The van der Waals surface area contributed by atoms with Gasteiger partial charge in [-0.1, -0.05) is 11.6 Å². The van der Waals surface area contributed by atoms with Crippen LogP contribution in [-0.2, 0) is 7.05 Å². The Morgan fingerprint density at radius 3 is 2.85 bits per heavy atom. The number of halogens is 2. The average Bonchev–Trinajstić information content (AvgIpc) is 2.76. The number of hydrogen-bond acceptors (Lipinski definition) is 4. The Morgan fingerprint density at radius 1 is 1.30 bits per heavy atom. The fraction of sp³-hybridized carbons (Fsp3) is 0.154. The van der Waals surface area contributed by atoms with E-state index in [2.05, 4.69) is 20.3 Å². The van der Waals surface area contributed by atoms with Crippen molar-refractivity contribution < 1.29 is 4.39 Å². The molecule has 0 aliphatic rings. The van der Waals surface area contributed by atoms with Crippen molar-refractivity contribution in [2.45, 2.75) is 0 Å². The molecule has 102 valence electrons. The average molecular weight is 292 g/mol. The topological polar surface area (TPSA) is 55.6 Å². The van der Waals surface area contributed by atoms with Gasteiger partial charge in [0.1, 0.15) is 5.65 Å². The summed E-state index contributed by atoms with van der Waals surface area (Å²) in [4.78, 5) is 12.5. The van der Waals surface area contributed by atoms with Crippen LogP contribution in [0.15, 0.2) is 24.7 Å². The van der Waals surface area contributed by atoms with Crippen LogP contribution in [-0.4, -0.2) is 26.6 Å². The first-order chi connectivity index (χ1) is 9.60. The van der Waals surface area contributed by atoms with Gasteiger partial charge in [-0.25, -0.2) is 19.3 Å². The van der Waals surface area contributed by atoms with Gasteiger partial charge in [-0.05, 0) is 6.07 Å². The standard InChI is InChI=1S/C13H11ClFN5/c1-16-12-10(15)5-17-11(19-12)9-6-20(2)13-8(9)3-7(14)4-18-13/h3-6H,1-2H3,(H,16,17,19). The molecule has 0 aliphatic carbocycles. The van der Waals surface area contributed by atoms with Gasteiger partial charge in [0.15, 0.2) is 17.5 Å². The first-order valence-corrected chi connectivity index (χ1v) is 6.29. The SMILES string of the molecule is CNc1nc(-c2cn(C)c3ncc(Cl)cc23)ncc1F.